The number of carbonyl (C=O) groups excluding carboxylic acids is 2. The first-order chi connectivity index (χ1) is 30.4. The summed E-state index contributed by atoms with van der Waals surface area (Å²) in [6.07, 6.45) is -4.52. The van der Waals surface area contributed by atoms with Crippen LogP contribution >= 0.6 is 11.6 Å². The Balaban J connectivity index is 0.826. The van der Waals surface area contributed by atoms with E-state index < -0.39 is 17.6 Å². The number of hydrogen-bond acceptors (Lipinski definition) is 10. The van der Waals surface area contributed by atoms with Crippen LogP contribution in [0.1, 0.15) is 26.3 Å². The highest BCUT2D eigenvalue weighted by Crippen LogP contribution is 2.34. The van der Waals surface area contributed by atoms with Crippen LogP contribution in [0.15, 0.2) is 127 Å². The Labute approximate surface area is 363 Å². The maximum Gasteiger partial charge on any atom is 0.416 e. The van der Waals surface area contributed by atoms with Gasteiger partial charge in [0.25, 0.3) is 5.91 Å². The van der Waals surface area contributed by atoms with E-state index in [1.807, 2.05) is 48.5 Å². The summed E-state index contributed by atoms with van der Waals surface area (Å²) in [6.45, 7) is 3.73. The average Bonchev–Trinajstić information content (AvgIpc) is 3.90. The molecule has 2 amide bonds. The highest BCUT2D eigenvalue weighted by molar-refractivity contribution is 6.30. The summed E-state index contributed by atoms with van der Waals surface area (Å²) < 4.78 is 44.4. The van der Waals surface area contributed by atoms with E-state index in [4.69, 9.17) is 22.3 Å². The fourth-order valence-electron chi connectivity index (χ4n) is 7.47. The highest BCUT2D eigenvalue weighted by Gasteiger charge is 2.31. The molecule has 63 heavy (non-hydrogen) atoms. The molecule has 4 aromatic carbocycles. The van der Waals surface area contributed by atoms with Gasteiger partial charge in [-0.1, -0.05) is 41.9 Å². The summed E-state index contributed by atoms with van der Waals surface area (Å²) in [7, 11) is 0. The second kappa shape index (κ2) is 17.1. The summed E-state index contributed by atoms with van der Waals surface area (Å²) in [5.41, 5.74) is 11.2. The van der Waals surface area contributed by atoms with Crippen LogP contribution in [0.4, 0.5) is 42.1 Å². The normalized spacial score (nSPS) is 13.4. The Hall–Kier alpha value is -7.50. The van der Waals surface area contributed by atoms with Gasteiger partial charge < -0.3 is 26.6 Å². The summed E-state index contributed by atoms with van der Waals surface area (Å²) in [4.78, 5) is 38.5. The van der Waals surface area contributed by atoms with Crippen LogP contribution in [0.2, 0.25) is 5.02 Å². The van der Waals surface area contributed by atoms with Crippen LogP contribution in [-0.4, -0.2) is 85.2 Å². The number of aromatic nitrogens is 6. The third-order valence-electron chi connectivity index (χ3n) is 10.7. The fraction of sp³-hybridized carbons (Fsp3) is 0.156. The molecule has 0 unspecified atom stereocenters. The molecule has 18 heteroatoms. The van der Waals surface area contributed by atoms with Gasteiger partial charge in [-0.15, -0.1) is 10.2 Å². The smallest absolute Gasteiger partial charge is 0.366 e. The first-order valence-corrected chi connectivity index (χ1v) is 20.3. The molecule has 9 rings (SSSR count). The van der Waals surface area contributed by atoms with Crippen LogP contribution in [-0.2, 0) is 6.18 Å². The van der Waals surface area contributed by atoms with Crippen molar-refractivity contribution in [3.05, 3.63) is 149 Å². The van der Waals surface area contributed by atoms with Crippen LogP contribution in [0.3, 0.4) is 0 Å². The molecule has 4 aromatic heterocycles. The molecule has 0 atom stereocenters. The van der Waals surface area contributed by atoms with E-state index in [1.165, 1.54) is 6.07 Å². The van der Waals surface area contributed by atoms with E-state index >= 15 is 0 Å². The Morgan fingerprint density at radius 3 is 1.98 bits per heavy atom. The number of pyridine rings is 2. The molecular formula is C45H38ClF3N12O2. The maximum atomic E-state index is 13.7. The molecule has 318 valence electrons. The Kier molecular flexibility index (Phi) is 11.1. The van der Waals surface area contributed by atoms with Crippen LogP contribution in [0.25, 0.3) is 33.8 Å². The van der Waals surface area contributed by atoms with Crippen molar-refractivity contribution < 1.29 is 22.8 Å². The van der Waals surface area contributed by atoms with Crippen LogP contribution in [0, 0.1) is 0 Å². The van der Waals surface area contributed by atoms with Gasteiger partial charge >= 0.3 is 6.18 Å². The second-order valence-electron chi connectivity index (χ2n) is 14.8. The van der Waals surface area contributed by atoms with Gasteiger partial charge in [-0.25, -0.2) is 9.03 Å². The molecule has 0 spiro atoms. The van der Waals surface area contributed by atoms with E-state index in [1.54, 1.807) is 69.7 Å². The Bertz CT molecular complexity index is 2960. The number of alkyl halides is 3. The molecule has 0 bridgehead atoms. The van der Waals surface area contributed by atoms with E-state index in [-0.39, 0.29) is 11.9 Å². The van der Waals surface area contributed by atoms with Crippen molar-refractivity contribution >= 4 is 63.7 Å². The standard InChI is InChI=1S/C45H38ClF3N12O2/c46-33-7-2-5-31(27-33)36-8-3-9-39-54-43(56-60(36)39)52-35-16-12-29(13-17-35)42(63)51-20-21-58-22-24-59(25-23-58)38-19-18-37(30-4-1-6-32(26-30)45(47,48)49)61-41(38)55-44(57-61)53-34-14-10-28(11-15-34)40(50)62/h1-19,26-27H,20-25H2,(H2,50,62)(H,51,63)(H,52,56)(H,53,57). The third-order valence-corrected chi connectivity index (χ3v) is 10.9. The van der Waals surface area contributed by atoms with E-state index in [0.717, 1.165) is 34.8 Å². The Morgan fingerprint density at radius 1 is 0.683 bits per heavy atom. The predicted octanol–water partition coefficient (Wildman–Crippen LogP) is 7.92. The van der Waals surface area contributed by atoms with E-state index in [2.05, 4.69) is 40.9 Å². The molecule has 1 aliphatic heterocycles. The van der Waals surface area contributed by atoms with Gasteiger partial charge in [-0.3, -0.25) is 14.5 Å². The van der Waals surface area contributed by atoms with Gasteiger partial charge in [0.1, 0.15) is 0 Å². The lowest BCUT2D eigenvalue weighted by Gasteiger charge is -2.36. The van der Waals surface area contributed by atoms with Crippen molar-refractivity contribution in [2.75, 3.05) is 54.8 Å². The number of benzene rings is 4. The third kappa shape index (κ3) is 8.96. The van der Waals surface area contributed by atoms with Crippen molar-refractivity contribution in [2.45, 2.75) is 6.18 Å². The minimum Gasteiger partial charge on any atom is -0.366 e. The number of halogens is 4. The zero-order valence-corrected chi connectivity index (χ0v) is 34.1. The Morgan fingerprint density at radius 2 is 1.30 bits per heavy atom. The number of hydrogen-bond donors (Lipinski definition) is 4. The van der Waals surface area contributed by atoms with Gasteiger partial charge in [-0.2, -0.15) is 23.1 Å². The summed E-state index contributed by atoms with van der Waals surface area (Å²) in [5.74, 6) is -0.129. The molecule has 0 aliphatic carbocycles. The number of nitrogens with zero attached hydrogens (tertiary/aromatic N) is 8. The number of anilines is 5. The first-order valence-electron chi connectivity index (χ1n) is 19.9. The fourth-order valence-corrected chi connectivity index (χ4v) is 7.66. The maximum absolute atomic E-state index is 13.7. The minimum absolute atomic E-state index is 0.194. The molecule has 0 radical (unpaired) electrons. The molecule has 5 heterocycles. The van der Waals surface area contributed by atoms with Crippen molar-refractivity contribution in [1.82, 2.24) is 39.4 Å². The monoisotopic (exact) mass is 870 g/mol. The summed E-state index contributed by atoms with van der Waals surface area (Å²) in [6, 6.07) is 35.5. The lowest BCUT2D eigenvalue weighted by molar-refractivity contribution is -0.137. The van der Waals surface area contributed by atoms with Gasteiger partial charge in [0.05, 0.1) is 22.6 Å². The number of rotatable bonds is 12. The number of amides is 2. The number of fused-ring (bicyclic) bond motifs is 2. The zero-order valence-electron chi connectivity index (χ0n) is 33.4. The average molecular weight is 871 g/mol. The van der Waals surface area contributed by atoms with Crippen molar-refractivity contribution in [3.63, 3.8) is 0 Å². The topological polar surface area (TPSA) is 163 Å². The van der Waals surface area contributed by atoms with Crippen molar-refractivity contribution in [3.8, 4) is 22.5 Å². The SMILES string of the molecule is NC(=O)c1ccc(Nc2nc3c(N4CCN(CCNC(=O)c5ccc(Nc6nc7cccc(-c8cccc(Cl)c8)n7n6)cc5)CC4)ccc(-c4cccc(C(F)(F)F)c4)n3n2)cc1. The molecule has 0 saturated carbocycles. The van der Waals surface area contributed by atoms with Gasteiger partial charge in [0, 0.05) is 77.9 Å². The molecule has 5 N–H and O–H groups in total. The lowest BCUT2D eigenvalue weighted by Crippen LogP contribution is -2.48. The van der Waals surface area contributed by atoms with Gasteiger partial charge in [-0.05, 0) is 97.1 Å². The molecule has 14 nitrogen and oxygen atoms in total. The molecule has 1 saturated heterocycles. The molecular weight excluding hydrogens is 833 g/mol. The molecule has 1 aliphatic rings. The van der Waals surface area contributed by atoms with Gasteiger partial charge in [0.2, 0.25) is 17.8 Å². The molecule has 1 fully saturated rings. The summed E-state index contributed by atoms with van der Waals surface area (Å²) >= 11 is 6.23. The highest BCUT2D eigenvalue weighted by atomic mass is 35.5. The number of carbonyl (C=O) groups is 2. The number of primary amides is 1. The summed E-state index contributed by atoms with van der Waals surface area (Å²) in [5, 5.41) is 19.3. The number of piperazine rings is 1. The predicted molar refractivity (Wildman–Crippen MR) is 236 cm³/mol. The van der Waals surface area contributed by atoms with Crippen molar-refractivity contribution in [1.29, 1.82) is 0 Å². The lowest BCUT2D eigenvalue weighted by atomic mass is 10.1. The second-order valence-corrected chi connectivity index (χ2v) is 15.3. The van der Waals surface area contributed by atoms with E-state index in [9.17, 15) is 22.8 Å². The molecule has 8 aromatic rings. The van der Waals surface area contributed by atoms with Gasteiger partial charge in [0.15, 0.2) is 11.3 Å². The van der Waals surface area contributed by atoms with Crippen LogP contribution < -0.4 is 26.6 Å². The largest absolute Gasteiger partial charge is 0.416 e. The quantitative estimate of drug-likeness (QED) is 0.0949. The van der Waals surface area contributed by atoms with E-state index in [0.29, 0.717) is 89.6 Å². The number of nitrogens with two attached hydrogens (primary N) is 1. The van der Waals surface area contributed by atoms with Crippen LogP contribution in [0.5, 0.6) is 0 Å². The van der Waals surface area contributed by atoms with Crippen molar-refractivity contribution in [2.24, 2.45) is 5.73 Å². The minimum atomic E-state index is -4.52. The first kappa shape index (κ1) is 40.9. The number of nitrogens with one attached hydrogen (secondary N) is 3. The zero-order chi connectivity index (χ0) is 43.7.